The van der Waals surface area contributed by atoms with Gasteiger partial charge in [-0.05, 0) is 81.9 Å². The van der Waals surface area contributed by atoms with E-state index in [1.165, 1.54) is 12.1 Å². The van der Waals surface area contributed by atoms with Crippen molar-refractivity contribution in [2.24, 2.45) is 23.2 Å². The molecule has 1 saturated heterocycles. The van der Waals surface area contributed by atoms with Crippen LogP contribution in [0.5, 0.6) is 0 Å². The summed E-state index contributed by atoms with van der Waals surface area (Å²) in [5.74, 6) is 0.0586. The summed E-state index contributed by atoms with van der Waals surface area (Å²) in [6.07, 6.45) is 4.27. The number of carboxylic acids is 1. The summed E-state index contributed by atoms with van der Waals surface area (Å²) in [7, 11) is 0. The van der Waals surface area contributed by atoms with Crippen molar-refractivity contribution in [1.29, 1.82) is 0 Å². The van der Waals surface area contributed by atoms with Crippen LogP contribution in [0, 0.1) is 29.0 Å². The van der Waals surface area contributed by atoms with Crippen LogP contribution < -0.4 is 10.2 Å². The van der Waals surface area contributed by atoms with E-state index < -0.39 is 16.9 Å². The molecule has 1 aromatic carbocycles. The number of rotatable bonds is 5. The second kappa shape index (κ2) is 8.12. The second-order valence-corrected chi connectivity index (χ2v) is 11.6. The molecule has 180 valence electrons. The number of carbonyl (C=O) groups is 2. The molecule has 4 saturated carbocycles. The maximum Gasteiger partial charge on any atom is 0.309 e. The van der Waals surface area contributed by atoms with Crippen LogP contribution in [0.25, 0.3) is 0 Å². The van der Waals surface area contributed by atoms with Crippen LogP contribution in [0.4, 0.5) is 10.1 Å². The van der Waals surface area contributed by atoms with E-state index in [2.05, 4.69) is 15.1 Å². The summed E-state index contributed by atoms with van der Waals surface area (Å²) >= 11 is 6.24. The average Bonchev–Trinajstić information content (AvgIpc) is 2.75. The zero-order chi connectivity index (χ0) is 23.5. The van der Waals surface area contributed by atoms with Crippen LogP contribution >= 0.6 is 11.6 Å². The summed E-state index contributed by atoms with van der Waals surface area (Å²) in [6, 6.07) is 4.55. The highest BCUT2D eigenvalue weighted by atomic mass is 35.5. The van der Waals surface area contributed by atoms with Crippen LogP contribution in [0.2, 0.25) is 5.02 Å². The Morgan fingerprint density at radius 3 is 2.33 bits per heavy atom. The standard InChI is InChI=1S/C25H33ClFN3O3/c1-24(2,30-7-5-29(6-8-30)20-4-3-18(27)11-19(20)26)22(31)28-21-16-9-15-10-17(21)14-25(12-15,13-16)23(32)33/h3-4,11,15-17,21H,5-10,12-14H2,1-2H3,(H,28,31)(H,32,33). The lowest BCUT2D eigenvalue weighted by Crippen LogP contribution is -2.66. The number of benzene rings is 1. The molecule has 1 aliphatic heterocycles. The number of hydrogen-bond acceptors (Lipinski definition) is 4. The van der Waals surface area contributed by atoms with Crippen molar-refractivity contribution in [3.8, 4) is 0 Å². The van der Waals surface area contributed by atoms with E-state index in [0.29, 0.717) is 50.0 Å². The summed E-state index contributed by atoms with van der Waals surface area (Å²) < 4.78 is 13.4. The molecular weight excluding hydrogens is 445 g/mol. The number of piperazine rings is 1. The zero-order valence-electron chi connectivity index (χ0n) is 19.3. The number of aliphatic carboxylic acids is 1. The third kappa shape index (κ3) is 3.91. The number of halogens is 2. The maximum absolute atomic E-state index is 13.5. The van der Waals surface area contributed by atoms with Gasteiger partial charge >= 0.3 is 5.97 Å². The van der Waals surface area contributed by atoms with E-state index >= 15 is 0 Å². The van der Waals surface area contributed by atoms with E-state index in [-0.39, 0.29) is 29.6 Å². The van der Waals surface area contributed by atoms with Crippen molar-refractivity contribution >= 4 is 29.2 Å². The summed E-state index contributed by atoms with van der Waals surface area (Å²) in [4.78, 5) is 29.8. The smallest absolute Gasteiger partial charge is 0.309 e. The lowest BCUT2D eigenvalue weighted by molar-refractivity contribution is -0.168. The van der Waals surface area contributed by atoms with Gasteiger partial charge in [0.1, 0.15) is 5.82 Å². The Labute approximate surface area is 199 Å². The Hall–Kier alpha value is -1.86. The highest BCUT2D eigenvalue weighted by molar-refractivity contribution is 6.33. The highest BCUT2D eigenvalue weighted by Gasteiger charge is 2.59. The van der Waals surface area contributed by atoms with Crippen molar-refractivity contribution in [1.82, 2.24) is 10.2 Å². The van der Waals surface area contributed by atoms with Gasteiger partial charge in [0.25, 0.3) is 0 Å². The fraction of sp³-hybridized carbons (Fsp3) is 0.680. The number of hydrogen-bond donors (Lipinski definition) is 2. The number of anilines is 1. The van der Waals surface area contributed by atoms with E-state index in [0.717, 1.165) is 24.9 Å². The van der Waals surface area contributed by atoms with Gasteiger partial charge in [-0.1, -0.05) is 11.6 Å². The Balaban J connectivity index is 1.22. The van der Waals surface area contributed by atoms with Crippen LogP contribution in [0.1, 0.15) is 46.0 Å². The molecule has 5 fully saturated rings. The van der Waals surface area contributed by atoms with Crippen LogP contribution in [-0.4, -0.2) is 59.6 Å². The van der Waals surface area contributed by atoms with E-state index in [1.807, 2.05) is 13.8 Å². The third-order valence-corrected chi connectivity index (χ3v) is 9.20. The molecule has 2 N–H and O–H groups in total. The molecule has 4 aliphatic carbocycles. The molecule has 2 unspecified atom stereocenters. The Morgan fingerprint density at radius 2 is 1.76 bits per heavy atom. The fourth-order valence-corrected chi connectivity index (χ4v) is 7.52. The second-order valence-electron chi connectivity index (χ2n) is 11.2. The monoisotopic (exact) mass is 477 g/mol. The molecule has 1 aromatic rings. The average molecular weight is 478 g/mol. The molecule has 4 bridgehead atoms. The SMILES string of the molecule is CC(C)(C(=O)NC1C2CC3CC1CC(C(=O)O)(C3)C2)N1CCN(c2ccc(F)cc2Cl)CC1. The van der Waals surface area contributed by atoms with Crippen molar-refractivity contribution in [3.05, 3.63) is 29.0 Å². The Bertz CT molecular complexity index is 946. The number of amides is 1. The molecule has 0 aromatic heterocycles. The van der Waals surface area contributed by atoms with Gasteiger partial charge in [-0.25, -0.2) is 4.39 Å². The van der Waals surface area contributed by atoms with Gasteiger partial charge in [0.2, 0.25) is 5.91 Å². The first-order valence-electron chi connectivity index (χ1n) is 12.1. The van der Waals surface area contributed by atoms with Crippen LogP contribution in [0.15, 0.2) is 18.2 Å². The van der Waals surface area contributed by atoms with Crippen molar-refractivity contribution < 1.29 is 19.1 Å². The molecule has 6 rings (SSSR count). The number of carboxylic acid groups (broad SMARTS) is 1. The van der Waals surface area contributed by atoms with Crippen LogP contribution in [-0.2, 0) is 9.59 Å². The van der Waals surface area contributed by atoms with Gasteiger partial charge in [0.15, 0.2) is 0 Å². The van der Waals surface area contributed by atoms with E-state index in [1.54, 1.807) is 6.07 Å². The maximum atomic E-state index is 13.5. The lowest BCUT2D eigenvalue weighted by Gasteiger charge is -2.58. The first-order chi connectivity index (χ1) is 15.6. The number of nitrogens with zero attached hydrogens (tertiary/aromatic N) is 2. The lowest BCUT2D eigenvalue weighted by atomic mass is 9.48. The predicted molar refractivity (Wildman–Crippen MR) is 125 cm³/mol. The highest BCUT2D eigenvalue weighted by Crippen LogP contribution is 2.60. The van der Waals surface area contributed by atoms with Gasteiger partial charge in [0, 0.05) is 32.2 Å². The summed E-state index contributed by atoms with van der Waals surface area (Å²) in [5.41, 5.74) is -0.413. The molecular formula is C25H33ClFN3O3. The largest absolute Gasteiger partial charge is 0.481 e. The normalized spacial score (nSPS) is 33.9. The minimum Gasteiger partial charge on any atom is -0.481 e. The molecule has 8 heteroatoms. The predicted octanol–water partition coefficient (Wildman–Crippen LogP) is 3.78. The minimum atomic E-state index is -0.669. The molecule has 0 radical (unpaired) electrons. The van der Waals surface area contributed by atoms with E-state index in [9.17, 15) is 19.1 Å². The Morgan fingerprint density at radius 1 is 1.12 bits per heavy atom. The number of nitrogens with one attached hydrogen (secondary N) is 1. The van der Waals surface area contributed by atoms with Gasteiger partial charge in [-0.2, -0.15) is 0 Å². The summed E-state index contributed by atoms with van der Waals surface area (Å²) in [6.45, 7) is 6.76. The molecule has 6 nitrogen and oxygen atoms in total. The molecule has 1 amide bonds. The first-order valence-corrected chi connectivity index (χ1v) is 12.5. The van der Waals surface area contributed by atoms with Crippen LogP contribution in [0.3, 0.4) is 0 Å². The minimum absolute atomic E-state index is 0.0256. The Kier molecular flexibility index (Phi) is 5.64. The summed E-state index contributed by atoms with van der Waals surface area (Å²) in [5, 5.41) is 13.6. The van der Waals surface area contributed by atoms with Gasteiger partial charge in [-0.3, -0.25) is 14.5 Å². The molecule has 0 spiro atoms. The van der Waals surface area contributed by atoms with Crippen molar-refractivity contribution in [2.75, 3.05) is 31.1 Å². The van der Waals surface area contributed by atoms with Crippen molar-refractivity contribution in [3.63, 3.8) is 0 Å². The quantitative estimate of drug-likeness (QED) is 0.675. The van der Waals surface area contributed by atoms with Gasteiger partial charge in [-0.15, -0.1) is 0 Å². The zero-order valence-corrected chi connectivity index (χ0v) is 20.1. The van der Waals surface area contributed by atoms with E-state index in [4.69, 9.17) is 11.6 Å². The topological polar surface area (TPSA) is 72.9 Å². The molecule has 1 heterocycles. The molecule has 33 heavy (non-hydrogen) atoms. The molecule has 5 aliphatic rings. The molecule has 2 atom stereocenters. The van der Waals surface area contributed by atoms with Gasteiger partial charge in [0.05, 0.1) is 21.7 Å². The number of carbonyl (C=O) groups excluding carboxylic acids is 1. The third-order valence-electron chi connectivity index (χ3n) is 8.90. The van der Waals surface area contributed by atoms with Crippen molar-refractivity contribution in [2.45, 2.75) is 57.5 Å². The first kappa shape index (κ1) is 22.9. The van der Waals surface area contributed by atoms with Gasteiger partial charge < -0.3 is 15.3 Å². The fourth-order valence-electron chi connectivity index (χ4n) is 7.24.